The van der Waals surface area contributed by atoms with Crippen molar-refractivity contribution in [1.82, 2.24) is 0 Å². The molecule has 0 atom stereocenters. The van der Waals surface area contributed by atoms with E-state index in [1.807, 2.05) is 0 Å². The number of hydrogen-bond acceptors (Lipinski definition) is 10. The van der Waals surface area contributed by atoms with Crippen LogP contribution in [0.25, 0.3) is 0 Å². The zero-order valence-corrected chi connectivity index (χ0v) is 10.5. The molecule has 0 aliphatic rings. The van der Waals surface area contributed by atoms with E-state index in [2.05, 4.69) is 25.0 Å². The molecule has 0 amide bonds. The second kappa shape index (κ2) is 7.65. The Kier molecular flexibility index (Phi) is 5.62. The Balaban J connectivity index is 3.85. The Morgan fingerprint density at radius 3 is 1.73 bits per heavy atom. The van der Waals surface area contributed by atoms with Gasteiger partial charge < -0.3 is 0 Å². The molecular weight excluding hydrogens is 294 g/mol. The van der Waals surface area contributed by atoms with Gasteiger partial charge in [0, 0.05) is 0 Å². The molecule has 22 heavy (non-hydrogen) atoms. The number of nitrogens with zero attached hydrogens (tertiary/aromatic N) is 5. The monoisotopic (exact) mass is 297 g/mol. The molecule has 1 aromatic carbocycles. The second-order valence-electron chi connectivity index (χ2n) is 3.35. The quantitative estimate of drug-likeness (QED) is 0.560. The first-order chi connectivity index (χ1) is 10.7. The van der Waals surface area contributed by atoms with E-state index in [1.54, 1.807) is 0 Å². The number of rotatable bonds is 6. The van der Waals surface area contributed by atoms with Crippen LogP contribution in [0.4, 0.5) is 11.4 Å². The van der Waals surface area contributed by atoms with Crippen molar-refractivity contribution in [2.75, 3.05) is 0 Å². The van der Waals surface area contributed by atoms with Crippen molar-refractivity contribution in [3.8, 4) is 0 Å². The molecule has 10 heteroatoms. The predicted molar refractivity (Wildman–Crippen MR) is 68.0 cm³/mol. The molecular formula is C12H3N5O5. The van der Waals surface area contributed by atoms with Gasteiger partial charge in [-0.05, 0) is 18.2 Å². The molecule has 0 saturated heterocycles. The SMILES string of the molecule is O=C=Nc1ccc(C(N=C=O)(N=C=O)N=C=O)c(N=C=O)c1. The van der Waals surface area contributed by atoms with Crippen molar-refractivity contribution >= 4 is 41.8 Å². The highest BCUT2D eigenvalue weighted by Crippen LogP contribution is 2.37. The molecule has 0 fully saturated rings. The van der Waals surface area contributed by atoms with Gasteiger partial charge in [-0.25, -0.2) is 24.0 Å². The van der Waals surface area contributed by atoms with Gasteiger partial charge in [-0.3, -0.25) is 0 Å². The summed E-state index contributed by atoms with van der Waals surface area (Å²) < 4.78 is 0. The lowest BCUT2D eigenvalue weighted by atomic mass is 10.1. The van der Waals surface area contributed by atoms with Crippen LogP contribution in [0.3, 0.4) is 0 Å². The van der Waals surface area contributed by atoms with Crippen LogP contribution in [0.5, 0.6) is 0 Å². The molecule has 0 bridgehead atoms. The molecule has 0 unspecified atom stereocenters. The standard InChI is InChI=1S/C12H3N5O5/c18-4-13-9-1-2-10(11(3-9)14-5-19)12(15-6-20,16-7-21)17-8-22/h1-3H. The molecule has 0 aliphatic heterocycles. The third kappa shape index (κ3) is 3.36. The molecule has 1 rings (SSSR count). The van der Waals surface area contributed by atoms with Crippen LogP contribution >= 0.6 is 0 Å². The molecule has 10 nitrogen and oxygen atoms in total. The fourth-order valence-electron chi connectivity index (χ4n) is 1.51. The van der Waals surface area contributed by atoms with Gasteiger partial charge in [0.2, 0.25) is 30.4 Å². The Morgan fingerprint density at radius 2 is 1.27 bits per heavy atom. The second-order valence-corrected chi connectivity index (χ2v) is 3.35. The molecule has 0 aromatic heterocycles. The number of hydrogen-bond donors (Lipinski definition) is 0. The maximum Gasteiger partial charge on any atom is 0.305 e. The van der Waals surface area contributed by atoms with E-state index >= 15 is 0 Å². The number of carbonyl (C=O) groups excluding carboxylic acids is 5. The highest BCUT2D eigenvalue weighted by molar-refractivity contribution is 5.65. The van der Waals surface area contributed by atoms with Gasteiger partial charge >= 0.3 is 5.79 Å². The lowest BCUT2D eigenvalue weighted by Crippen LogP contribution is -2.18. The summed E-state index contributed by atoms with van der Waals surface area (Å²) in [5.74, 6) is -2.38. The van der Waals surface area contributed by atoms with Crippen molar-refractivity contribution in [2.24, 2.45) is 25.0 Å². The summed E-state index contributed by atoms with van der Waals surface area (Å²) in [4.78, 5) is 68.4. The Bertz CT molecular complexity index is 786. The van der Waals surface area contributed by atoms with Gasteiger partial charge in [0.1, 0.15) is 0 Å². The van der Waals surface area contributed by atoms with Crippen LogP contribution in [0.15, 0.2) is 43.2 Å². The van der Waals surface area contributed by atoms with E-state index < -0.39 is 5.79 Å². The molecule has 0 radical (unpaired) electrons. The third-order valence-electron chi connectivity index (χ3n) is 2.29. The first kappa shape index (κ1) is 16.2. The molecule has 106 valence electrons. The normalized spacial score (nSPS) is 11.1. The first-order valence-corrected chi connectivity index (χ1v) is 5.24. The van der Waals surface area contributed by atoms with Crippen LogP contribution in [-0.4, -0.2) is 30.4 Å². The minimum Gasteiger partial charge on any atom is -0.211 e. The van der Waals surface area contributed by atoms with E-state index in [4.69, 9.17) is 0 Å². The lowest BCUT2D eigenvalue weighted by molar-refractivity contribution is 0.467. The Morgan fingerprint density at radius 1 is 0.727 bits per heavy atom. The smallest absolute Gasteiger partial charge is 0.211 e. The average Bonchev–Trinajstić information content (AvgIpc) is 2.49. The predicted octanol–water partition coefficient (Wildman–Crippen LogP) is 0.739. The summed E-state index contributed by atoms with van der Waals surface area (Å²) >= 11 is 0. The van der Waals surface area contributed by atoms with Crippen LogP contribution in [0.1, 0.15) is 5.56 Å². The zero-order valence-electron chi connectivity index (χ0n) is 10.5. The maximum atomic E-state index is 10.5. The fourth-order valence-corrected chi connectivity index (χ4v) is 1.51. The van der Waals surface area contributed by atoms with Gasteiger partial charge in [0.05, 0.1) is 16.9 Å². The summed E-state index contributed by atoms with van der Waals surface area (Å²) in [5.41, 5.74) is -0.429. The minimum atomic E-state index is -2.38. The molecule has 0 spiro atoms. The van der Waals surface area contributed by atoms with Crippen molar-refractivity contribution in [2.45, 2.75) is 5.79 Å². The van der Waals surface area contributed by atoms with Crippen LogP contribution in [0, 0.1) is 0 Å². The fraction of sp³-hybridized carbons (Fsp3) is 0.0833. The van der Waals surface area contributed by atoms with Crippen molar-refractivity contribution in [1.29, 1.82) is 0 Å². The molecule has 0 heterocycles. The highest BCUT2D eigenvalue weighted by atomic mass is 16.1. The Hall–Kier alpha value is -3.88. The maximum absolute atomic E-state index is 10.5. The van der Waals surface area contributed by atoms with E-state index in [1.165, 1.54) is 18.2 Å². The Labute approximate surface area is 121 Å². The van der Waals surface area contributed by atoms with Crippen LogP contribution in [-0.2, 0) is 29.8 Å². The number of aliphatic imine (C=N–C) groups is 5. The summed E-state index contributed by atoms with van der Waals surface area (Å²) in [7, 11) is 0. The average molecular weight is 297 g/mol. The van der Waals surface area contributed by atoms with Crippen LogP contribution < -0.4 is 0 Å². The summed E-state index contributed by atoms with van der Waals surface area (Å²) in [5, 5.41) is 0. The summed E-state index contributed by atoms with van der Waals surface area (Å²) in [6, 6.07) is 3.45. The largest absolute Gasteiger partial charge is 0.305 e. The van der Waals surface area contributed by atoms with Crippen molar-refractivity contribution < 1.29 is 24.0 Å². The van der Waals surface area contributed by atoms with Gasteiger partial charge in [-0.2, -0.15) is 9.98 Å². The zero-order chi connectivity index (χ0) is 16.4. The van der Waals surface area contributed by atoms with Crippen molar-refractivity contribution in [3.05, 3.63) is 23.8 Å². The van der Waals surface area contributed by atoms with E-state index in [9.17, 15) is 24.0 Å². The van der Waals surface area contributed by atoms with Gasteiger partial charge in [0.25, 0.3) is 0 Å². The molecule has 1 aromatic rings. The first-order valence-electron chi connectivity index (χ1n) is 5.24. The topological polar surface area (TPSA) is 147 Å². The van der Waals surface area contributed by atoms with E-state index in [-0.39, 0.29) is 16.9 Å². The molecule has 0 N–H and O–H groups in total. The van der Waals surface area contributed by atoms with Gasteiger partial charge in [-0.1, -0.05) is 0 Å². The van der Waals surface area contributed by atoms with Gasteiger partial charge in [-0.15, -0.1) is 15.0 Å². The van der Waals surface area contributed by atoms with Crippen LogP contribution in [0.2, 0.25) is 0 Å². The summed E-state index contributed by atoms with van der Waals surface area (Å²) in [6.07, 6.45) is 5.74. The van der Waals surface area contributed by atoms with Gasteiger partial charge in [0.15, 0.2) is 0 Å². The lowest BCUT2D eigenvalue weighted by Gasteiger charge is -2.17. The number of isocyanates is 5. The van der Waals surface area contributed by atoms with E-state index in [0.717, 1.165) is 30.4 Å². The molecule has 0 saturated carbocycles. The summed E-state index contributed by atoms with van der Waals surface area (Å²) in [6.45, 7) is 0. The van der Waals surface area contributed by atoms with Crippen molar-refractivity contribution in [3.63, 3.8) is 0 Å². The van der Waals surface area contributed by atoms with E-state index in [0.29, 0.717) is 0 Å². The highest BCUT2D eigenvalue weighted by Gasteiger charge is 2.35. The number of benzene rings is 1. The third-order valence-corrected chi connectivity index (χ3v) is 2.29. The minimum absolute atomic E-state index is 0.0434. The molecule has 0 aliphatic carbocycles.